The summed E-state index contributed by atoms with van der Waals surface area (Å²) in [5.41, 5.74) is 3.39. The van der Waals surface area contributed by atoms with Gasteiger partial charge < -0.3 is 5.32 Å². The highest BCUT2D eigenvalue weighted by atomic mass is 19.1. The molecule has 0 spiro atoms. The molecule has 4 rings (SSSR count). The van der Waals surface area contributed by atoms with E-state index < -0.39 is 0 Å². The number of halogens is 1. The number of hydrogen-bond acceptors (Lipinski definition) is 3. The normalized spacial score (nSPS) is 16.6. The molecule has 0 saturated carbocycles. The van der Waals surface area contributed by atoms with Crippen molar-refractivity contribution in [2.75, 3.05) is 0 Å². The summed E-state index contributed by atoms with van der Waals surface area (Å²) >= 11 is 0. The van der Waals surface area contributed by atoms with Gasteiger partial charge in [-0.2, -0.15) is 10.2 Å². The van der Waals surface area contributed by atoms with E-state index in [2.05, 4.69) is 25.7 Å². The highest BCUT2D eigenvalue weighted by molar-refractivity contribution is 5.93. The second-order valence-corrected chi connectivity index (χ2v) is 5.93. The fourth-order valence-corrected chi connectivity index (χ4v) is 3.05. The summed E-state index contributed by atoms with van der Waals surface area (Å²) in [5, 5.41) is 16.7. The summed E-state index contributed by atoms with van der Waals surface area (Å²) in [7, 11) is 0. The number of H-pyrrole nitrogens is 2. The van der Waals surface area contributed by atoms with Crippen LogP contribution in [-0.4, -0.2) is 32.3 Å². The number of carbonyl (C=O) groups excluding carboxylic acids is 1. The molecule has 2 heterocycles. The number of aryl methyl sites for hydroxylation is 1. The van der Waals surface area contributed by atoms with Crippen molar-refractivity contribution in [2.24, 2.45) is 0 Å². The summed E-state index contributed by atoms with van der Waals surface area (Å²) in [6.07, 6.45) is 4.28. The molecular formula is C17H16FN5O. The van der Waals surface area contributed by atoms with Crippen LogP contribution in [0.4, 0.5) is 4.39 Å². The number of aromatic amines is 2. The third kappa shape index (κ3) is 2.68. The van der Waals surface area contributed by atoms with Gasteiger partial charge in [0.2, 0.25) is 0 Å². The Morgan fingerprint density at radius 1 is 1.29 bits per heavy atom. The smallest absolute Gasteiger partial charge is 0.269 e. The van der Waals surface area contributed by atoms with Crippen LogP contribution in [-0.2, 0) is 12.8 Å². The van der Waals surface area contributed by atoms with Crippen LogP contribution in [0.2, 0.25) is 0 Å². The number of aromatic nitrogens is 4. The number of amides is 1. The zero-order chi connectivity index (χ0) is 16.5. The molecule has 3 N–H and O–H groups in total. The van der Waals surface area contributed by atoms with Crippen LogP contribution in [0.15, 0.2) is 36.5 Å². The highest BCUT2D eigenvalue weighted by Gasteiger charge is 2.23. The van der Waals surface area contributed by atoms with Crippen molar-refractivity contribution in [3.63, 3.8) is 0 Å². The molecule has 1 aliphatic carbocycles. The first-order valence-electron chi connectivity index (χ1n) is 7.83. The monoisotopic (exact) mass is 325 g/mol. The molecule has 0 bridgehead atoms. The van der Waals surface area contributed by atoms with Crippen molar-refractivity contribution < 1.29 is 9.18 Å². The third-order valence-corrected chi connectivity index (χ3v) is 4.32. The van der Waals surface area contributed by atoms with Gasteiger partial charge in [0.05, 0.1) is 11.9 Å². The molecule has 0 saturated heterocycles. The fraction of sp³-hybridized carbons (Fsp3) is 0.235. The van der Waals surface area contributed by atoms with Crippen molar-refractivity contribution in [3.8, 4) is 11.3 Å². The van der Waals surface area contributed by atoms with E-state index >= 15 is 0 Å². The Kier molecular flexibility index (Phi) is 3.60. The molecule has 0 unspecified atom stereocenters. The molecule has 1 aliphatic rings. The predicted octanol–water partition coefficient (Wildman–Crippen LogP) is 2.23. The first kappa shape index (κ1) is 14.6. The zero-order valence-electron chi connectivity index (χ0n) is 12.8. The van der Waals surface area contributed by atoms with Crippen molar-refractivity contribution in [3.05, 3.63) is 59.3 Å². The van der Waals surface area contributed by atoms with Crippen molar-refractivity contribution >= 4 is 5.91 Å². The van der Waals surface area contributed by atoms with E-state index in [9.17, 15) is 9.18 Å². The van der Waals surface area contributed by atoms with Crippen molar-refractivity contribution in [2.45, 2.75) is 25.3 Å². The Balaban J connectivity index is 1.47. The number of fused-ring (bicyclic) bond motifs is 1. The minimum Gasteiger partial charge on any atom is -0.348 e. The van der Waals surface area contributed by atoms with Gasteiger partial charge in [0, 0.05) is 17.3 Å². The molecule has 1 amide bonds. The third-order valence-electron chi connectivity index (χ3n) is 4.32. The minimum atomic E-state index is -0.365. The Bertz CT molecular complexity index is 885. The maximum Gasteiger partial charge on any atom is 0.269 e. The highest BCUT2D eigenvalue weighted by Crippen LogP contribution is 2.22. The Hall–Kier alpha value is -2.96. The molecule has 2 aromatic heterocycles. The van der Waals surface area contributed by atoms with Crippen LogP contribution in [0, 0.1) is 5.82 Å². The lowest BCUT2D eigenvalue weighted by molar-refractivity contribution is 0.0928. The van der Waals surface area contributed by atoms with Gasteiger partial charge in [-0.25, -0.2) is 4.39 Å². The SMILES string of the molecule is O=C(N[C@H]1CCc2[nH]ncc2C1)c1cc(-c2ccccc2F)n[nH]1. The fourth-order valence-electron chi connectivity index (χ4n) is 3.05. The van der Waals surface area contributed by atoms with Crippen LogP contribution >= 0.6 is 0 Å². The van der Waals surface area contributed by atoms with E-state index in [1.165, 1.54) is 6.07 Å². The van der Waals surface area contributed by atoms with Gasteiger partial charge in [-0.15, -0.1) is 0 Å². The zero-order valence-corrected chi connectivity index (χ0v) is 12.8. The Morgan fingerprint density at radius 2 is 2.17 bits per heavy atom. The van der Waals surface area contributed by atoms with Crippen LogP contribution in [0.25, 0.3) is 11.3 Å². The van der Waals surface area contributed by atoms with Crippen LogP contribution in [0.1, 0.15) is 28.2 Å². The van der Waals surface area contributed by atoms with Gasteiger partial charge in [0.1, 0.15) is 11.5 Å². The molecule has 24 heavy (non-hydrogen) atoms. The summed E-state index contributed by atoms with van der Waals surface area (Å²) in [6, 6.07) is 7.98. The van der Waals surface area contributed by atoms with Gasteiger partial charge in [-0.05, 0) is 43.0 Å². The number of nitrogens with zero attached hydrogens (tertiary/aromatic N) is 2. The number of benzene rings is 1. The Morgan fingerprint density at radius 3 is 3.04 bits per heavy atom. The lowest BCUT2D eigenvalue weighted by Crippen LogP contribution is -2.38. The van der Waals surface area contributed by atoms with E-state index in [1.807, 2.05) is 0 Å². The van der Waals surface area contributed by atoms with E-state index in [-0.39, 0.29) is 17.8 Å². The number of nitrogens with one attached hydrogen (secondary N) is 3. The first-order chi connectivity index (χ1) is 11.7. The van der Waals surface area contributed by atoms with Gasteiger partial charge in [-0.3, -0.25) is 15.0 Å². The van der Waals surface area contributed by atoms with Crippen LogP contribution < -0.4 is 5.32 Å². The lowest BCUT2D eigenvalue weighted by Gasteiger charge is -2.22. The molecular weight excluding hydrogens is 309 g/mol. The molecule has 0 fully saturated rings. The van der Waals surface area contributed by atoms with E-state index in [4.69, 9.17) is 0 Å². The average Bonchev–Trinajstić information content (AvgIpc) is 3.24. The number of rotatable bonds is 3. The Labute approximate surface area is 137 Å². The maximum atomic E-state index is 13.8. The molecule has 7 heteroatoms. The van der Waals surface area contributed by atoms with Crippen LogP contribution in [0.3, 0.4) is 0 Å². The second-order valence-electron chi connectivity index (χ2n) is 5.93. The summed E-state index contributed by atoms with van der Waals surface area (Å²) in [4.78, 5) is 12.4. The number of carbonyl (C=O) groups is 1. The van der Waals surface area contributed by atoms with Gasteiger partial charge >= 0.3 is 0 Å². The van der Waals surface area contributed by atoms with E-state index in [1.54, 1.807) is 30.5 Å². The van der Waals surface area contributed by atoms with Crippen molar-refractivity contribution in [1.29, 1.82) is 0 Å². The maximum absolute atomic E-state index is 13.8. The molecule has 1 aromatic carbocycles. The minimum absolute atomic E-state index is 0.0582. The summed E-state index contributed by atoms with van der Waals surface area (Å²) in [6.45, 7) is 0. The molecule has 122 valence electrons. The number of hydrogen-bond donors (Lipinski definition) is 3. The first-order valence-corrected chi connectivity index (χ1v) is 7.83. The van der Waals surface area contributed by atoms with Gasteiger partial charge in [0.25, 0.3) is 5.91 Å². The summed E-state index contributed by atoms with van der Waals surface area (Å²) in [5.74, 6) is -0.599. The van der Waals surface area contributed by atoms with E-state index in [0.717, 1.165) is 30.5 Å². The quantitative estimate of drug-likeness (QED) is 0.690. The topological polar surface area (TPSA) is 86.5 Å². The van der Waals surface area contributed by atoms with E-state index in [0.29, 0.717) is 17.0 Å². The second kappa shape index (κ2) is 5.92. The average molecular weight is 325 g/mol. The lowest BCUT2D eigenvalue weighted by atomic mass is 9.93. The van der Waals surface area contributed by atoms with Crippen molar-refractivity contribution in [1.82, 2.24) is 25.7 Å². The standard InChI is InChI=1S/C17H16FN5O/c18-13-4-2-1-3-12(13)15-8-16(23-22-15)17(24)20-11-5-6-14-10(7-11)9-19-21-14/h1-4,8-9,11H,5-7H2,(H,19,21)(H,20,24)(H,22,23)/t11-/m0/s1. The molecule has 0 aliphatic heterocycles. The molecule has 1 atom stereocenters. The summed E-state index contributed by atoms with van der Waals surface area (Å²) < 4.78 is 13.8. The molecule has 0 radical (unpaired) electrons. The largest absolute Gasteiger partial charge is 0.348 e. The van der Waals surface area contributed by atoms with Crippen LogP contribution in [0.5, 0.6) is 0 Å². The van der Waals surface area contributed by atoms with Gasteiger partial charge in [-0.1, -0.05) is 12.1 Å². The predicted molar refractivity (Wildman–Crippen MR) is 85.8 cm³/mol. The molecule has 3 aromatic rings. The van der Waals surface area contributed by atoms with Gasteiger partial charge in [0.15, 0.2) is 0 Å². The molecule has 6 nitrogen and oxygen atoms in total.